The van der Waals surface area contributed by atoms with Crippen molar-refractivity contribution in [1.29, 1.82) is 0 Å². The molecule has 2 fully saturated rings. The van der Waals surface area contributed by atoms with Crippen molar-refractivity contribution < 1.29 is 13.2 Å². The van der Waals surface area contributed by atoms with Gasteiger partial charge in [0, 0.05) is 50.6 Å². The van der Waals surface area contributed by atoms with Crippen molar-refractivity contribution in [2.24, 2.45) is 0 Å². The first-order chi connectivity index (χ1) is 11.9. The van der Waals surface area contributed by atoms with Gasteiger partial charge in [-0.3, -0.25) is 9.78 Å². The summed E-state index contributed by atoms with van der Waals surface area (Å²) < 4.78 is 23.5. The maximum Gasteiger partial charge on any atom is 0.272 e. The number of hydrogen-bond donors (Lipinski definition) is 0. The van der Waals surface area contributed by atoms with E-state index in [4.69, 9.17) is 0 Å². The summed E-state index contributed by atoms with van der Waals surface area (Å²) in [4.78, 5) is 23.3. The summed E-state index contributed by atoms with van der Waals surface area (Å²) in [5.74, 6) is 0.0431. The zero-order valence-corrected chi connectivity index (χ0v) is 15.7. The number of piperazine rings is 1. The summed E-state index contributed by atoms with van der Waals surface area (Å²) in [6.45, 7) is 6.20. The van der Waals surface area contributed by atoms with Crippen molar-refractivity contribution in [2.75, 3.05) is 56.2 Å². The number of likely N-dealkylation sites (N-methyl/N-ethyl adjacent to an activating group) is 1. The lowest BCUT2D eigenvalue weighted by molar-refractivity contribution is 0.0702. The standard InChI is InChI=1S/C17H26N4O3S/c1-3-21(15-5-11-25(23,24)13-15)17(22)16-12-14(4-6-18-16)20-9-7-19(2)8-10-20/h4,6,12,15H,3,5,7-11,13H2,1-2H3. The summed E-state index contributed by atoms with van der Waals surface area (Å²) in [5.41, 5.74) is 1.39. The molecule has 0 radical (unpaired) electrons. The first-order valence-electron chi connectivity index (χ1n) is 8.80. The van der Waals surface area contributed by atoms with E-state index in [2.05, 4.69) is 21.8 Å². The molecular formula is C17H26N4O3S. The van der Waals surface area contributed by atoms with E-state index < -0.39 is 9.84 Å². The molecular weight excluding hydrogens is 340 g/mol. The second-order valence-electron chi connectivity index (χ2n) is 6.84. The zero-order valence-electron chi connectivity index (χ0n) is 14.9. The fraction of sp³-hybridized carbons (Fsp3) is 0.647. The van der Waals surface area contributed by atoms with Gasteiger partial charge in [-0.2, -0.15) is 0 Å². The van der Waals surface area contributed by atoms with Crippen molar-refractivity contribution in [3.05, 3.63) is 24.0 Å². The van der Waals surface area contributed by atoms with Crippen LogP contribution in [0.4, 0.5) is 5.69 Å². The Morgan fingerprint density at radius 1 is 1.32 bits per heavy atom. The number of carbonyl (C=O) groups is 1. The molecule has 1 unspecified atom stereocenters. The minimum Gasteiger partial charge on any atom is -0.369 e. The molecule has 0 spiro atoms. The summed E-state index contributed by atoms with van der Waals surface area (Å²) in [7, 11) is -0.919. The zero-order chi connectivity index (χ0) is 18.0. The van der Waals surface area contributed by atoms with E-state index in [0.29, 0.717) is 18.7 Å². The lowest BCUT2D eigenvalue weighted by Crippen LogP contribution is -2.44. The van der Waals surface area contributed by atoms with Crippen LogP contribution in [0.2, 0.25) is 0 Å². The highest BCUT2D eigenvalue weighted by molar-refractivity contribution is 7.91. The van der Waals surface area contributed by atoms with E-state index in [1.807, 2.05) is 19.1 Å². The van der Waals surface area contributed by atoms with Crippen molar-refractivity contribution in [2.45, 2.75) is 19.4 Å². The Bertz CT molecular complexity index is 729. The second-order valence-corrected chi connectivity index (χ2v) is 9.07. The smallest absolute Gasteiger partial charge is 0.272 e. The minimum atomic E-state index is -3.02. The van der Waals surface area contributed by atoms with Gasteiger partial charge in [0.05, 0.1) is 11.5 Å². The Labute approximate surface area is 149 Å². The van der Waals surface area contributed by atoms with Crippen LogP contribution < -0.4 is 4.90 Å². The Morgan fingerprint density at radius 3 is 2.64 bits per heavy atom. The van der Waals surface area contributed by atoms with Gasteiger partial charge in [-0.15, -0.1) is 0 Å². The van der Waals surface area contributed by atoms with Crippen LogP contribution in [0.1, 0.15) is 23.8 Å². The number of rotatable bonds is 4. The quantitative estimate of drug-likeness (QED) is 0.772. The molecule has 2 aliphatic rings. The lowest BCUT2D eigenvalue weighted by atomic mass is 10.2. The van der Waals surface area contributed by atoms with Gasteiger partial charge in [0.15, 0.2) is 9.84 Å². The summed E-state index contributed by atoms with van der Waals surface area (Å²) in [6.07, 6.45) is 2.18. The van der Waals surface area contributed by atoms with Crippen molar-refractivity contribution in [3.8, 4) is 0 Å². The molecule has 0 aromatic carbocycles. The fourth-order valence-corrected chi connectivity index (χ4v) is 5.26. The predicted octanol–water partition coefficient (Wildman–Crippen LogP) is 0.483. The van der Waals surface area contributed by atoms with Crippen LogP contribution in [0.25, 0.3) is 0 Å². The van der Waals surface area contributed by atoms with E-state index >= 15 is 0 Å². The molecule has 0 saturated carbocycles. The molecule has 0 N–H and O–H groups in total. The van der Waals surface area contributed by atoms with Crippen LogP contribution in [0.5, 0.6) is 0 Å². The first-order valence-corrected chi connectivity index (χ1v) is 10.6. The van der Waals surface area contributed by atoms with E-state index in [0.717, 1.165) is 31.9 Å². The molecule has 2 saturated heterocycles. The van der Waals surface area contributed by atoms with Crippen LogP contribution in [-0.4, -0.2) is 86.4 Å². The number of aromatic nitrogens is 1. The molecule has 138 valence electrons. The molecule has 1 aromatic heterocycles. The normalized spacial score (nSPS) is 23.6. The van der Waals surface area contributed by atoms with E-state index in [-0.39, 0.29) is 23.5 Å². The monoisotopic (exact) mass is 366 g/mol. The van der Waals surface area contributed by atoms with Crippen LogP contribution in [-0.2, 0) is 9.84 Å². The molecule has 25 heavy (non-hydrogen) atoms. The molecule has 8 heteroatoms. The highest BCUT2D eigenvalue weighted by Gasteiger charge is 2.34. The van der Waals surface area contributed by atoms with E-state index in [1.165, 1.54) is 0 Å². The van der Waals surface area contributed by atoms with Gasteiger partial charge < -0.3 is 14.7 Å². The molecule has 7 nitrogen and oxygen atoms in total. The Morgan fingerprint density at radius 2 is 2.04 bits per heavy atom. The van der Waals surface area contributed by atoms with Gasteiger partial charge >= 0.3 is 0 Å². The number of sulfone groups is 1. The third-order valence-electron chi connectivity index (χ3n) is 5.08. The van der Waals surface area contributed by atoms with Gasteiger partial charge in [-0.1, -0.05) is 0 Å². The molecule has 2 aliphatic heterocycles. The SMILES string of the molecule is CCN(C(=O)c1cc(N2CCN(C)CC2)ccn1)C1CCS(=O)(=O)C1. The maximum atomic E-state index is 12.9. The van der Waals surface area contributed by atoms with Gasteiger partial charge in [-0.25, -0.2) is 8.42 Å². The number of hydrogen-bond acceptors (Lipinski definition) is 6. The summed E-state index contributed by atoms with van der Waals surface area (Å²) in [6, 6.07) is 3.52. The summed E-state index contributed by atoms with van der Waals surface area (Å²) in [5, 5.41) is 0. The molecule has 0 aliphatic carbocycles. The Kier molecular flexibility index (Phi) is 5.29. The predicted molar refractivity (Wildman–Crippen MR) is 97.7 cm³/mol. The van der Waals surface area contributed by atoms with Crippen LogP contribution >= 0.6 is 0 Å². The third kappa shape index (κ3) is 4.12. The van der Waals surface area contributed by atoms with Gasteiger partial charge in [-0.05, 0) is 32.5 Å². The number of nitrogens with zero attached hydrogens (tertiary/aromatic N) is 4. The number of carbonyl (C=O) groups excluding carboxylic acids is 1. The summed E-state index contributed by atoms with van der Waals surface area (Å²) >= 11 is 0. The highest BCUT2D eigenvalue weighted by atomic mass is 32.2. The topological polar surface area (TPSA) is 73.8 Å². The third-order valence-corrected chi connectivity index (χ3v) is 6.83. The Hall–Kier alpha value is -1.67. The van der Waals surface area contributed by atoms with E-state index in [1.54, 1.807) is 11.1 Å². The minimum absolute atomic E-state index is 0.0602. The largest absolute Gasteiger partial charge is 0.369 e. The molecule has 1 atom stereocenters. The van der Waals surface area contributed by atoms with Gasteiger partial charge in [0.25, 0.3) is 5.91 Å². The average molecular weight is 366 g/mol. The van der Waals surface area contributed by atoms with Crippen molar-refractivity contribution >= 4 is 21.4 Å². The molecule has 1 amide bonds. The van der Waals surface area contributed by atoms with Crippen molar-refractivity contribution in [3.63, 3.8) is 0 Å². The molecule has 3 heterocycles. The van der Waals surface area contributed by atoms with Crippen LogP contribution in [0.15, 0.2) is 18.3 Å². The average Bonchev–Trinajstić information content (AvgIpc) is 2.96. The molecule has 1 aromatic rings. The number of amides is 1. The number of pyridine rings is 1. The molecule has 0 bridgehead atoms. The lowest BCUT2D eigenvalue weighted by Gasteiger charge is -2.34. The first kappa shape index (κ1) is 18.1. The number of anilines is 1. The maximum absolute atomic E-state index is 12.9. The fourth-order valence-electron chi connectivity index (χ4n) is 3.53. The van der Waals surface area contributed by atoms with Crippen LogP contribution in [0, 0.1) is 0 Å². The Balaban J connectivity index is 1.76. The van der Waals surface area contributed by atoms with Gasteiger partial charge in [0.1, 0.15) is 5.69 Å². The van der Waals surface area contributed by atoms with Crippen molar-refractivity contribution in [1.82, 2.24) is 14.8 Å². The van der Waals surface area contributed by atoms with Crippen LogP contribution in [0.3, 0.4) is 0 Å². The van der Waals surface area contributed by atoms with E-state index in [9.17, 15) is 13.2 Å². The second kappa shape index (κ2) is 7.29. The molecule has 3 rings (SSSR count). The highest BCUT2D eigenvalue weighted by Crippen LogP contribution is 2.21. The van der Waals surface area contributed by atoms with Gasteiger partial charge in [0.2, 0.25) is 0 Å².